The van der Waals surface area contributed by atoms with Crippen molar-refractivity contribution >= 4 is 10.8 Å². The van der Waals surface area contributed by atoms with Crippen LogP contribution in [0.3, 0.4) is 0 Å². The standard InChI is InChI=1S/C19H25NO/c1-18(2,3)15-8-10-19(21,11-9-15)17-13-20-12-14-6-4-5-7-16(14)17/h4-7,12-13,15,21H,8-11H2,1-3H3. The van der Waals surface area contributed by atoms with Gasteiger partial charge in [-0.25, -0.2) is 0 Å². The van der Waals surface area contributed by atoms with Crippen LogP contribution in [0.1, 0.15) is 52.0 Å². The number of benzene rings is 1. The van der Waals surface area contributed by atoms with Crippen LogP contribution in [0.2, 0.25) is 0 Å². The van der Waals surface area contributed by atoms with Gasteiger partial charge in [0.05, 0.1) is 5.60 Å². The number of pyridine rings is 1. The summed E-state index contributed by atoms with van der Waals surface area (Å²) in [7, 11) is 0. The van der Waals surface area contributed by atoms with E-state index in [1.165, 1.54) is 0 Å². The van der Waals surface area contributed by atoms with Crippen LogP contribution in [0.25, 0.3) is 10.8 Å². The third kappa shape index (κ3) is 2.69. The summed E-state index contributed by atoms with van der Waals surface area (Å²) < 4.78 is 0. The minimum Gasteiger partial charge on any atom is -0.385 e. The van der Waals surface area contributed by atoms with E-state index in [1.54, 1.807) is 0 Å². The Hall–Kier alpha value is -1.41. The number of fused-ring (bicyclic) bond motifs is 1. The minimum absolute atomic E-state index is 0.332. The summed E-state index contributed by atoms with van der Waals surface area (Å²) in [6.45, 7) is 6.92. The molecule has 112 valence electrons. The Kier molecular flexibility index (Phi) is 3.53. The van der Waals surface area contributed by atoms with Crippen molar-refractivity contribution in [3.63, 3.8) is 0 Å². The van der Waals surface area contributed by atoms with Crippen LogP contribution in [0.5, 0.6) is 0 Å². The lowest BCUT2D eigenvalue weighted by molar-refractivity contribution is -0.0288. The van der Waals surface area contributed by atoms with Crippen molar-refractivity contribution in [1.29, 1.82) is 0 Å². The maximum atomic E-state index is 11.2. The molecule has 0 unspecified atom stereocenters. The minimum atomic E-state index is -0.713. The molecule has 1 fully saturated rings. The molecule has 2 aromatic rings. The van der Waals surface area contributed by atoms with Crippen molar-refractivity contribution in [3.8, 4) is 0 Å². The number of nitrogens with zero attached hydrogens (tertiary/aromatic N) is 1. The topological polar surface area (TPSA) is 33.1 Å². The highest BCUT2D eigenvalue weighted by Gasteiger charge is 2.39. The summed E-state index contributed by atoms with van der Waals surface area (Å²) in [5.41, 5.74) is 0.626. The molecule has 1 aliphatic rings. The molecule has 1 aliphatic carbocycles. The van der Waals surface area contributed by atoms with Crippen LogP contribution in [0, 0.1) is 11.3 Å². The van der Waals surface area contributed by atoms with E-state index in [-0.39, 0.29) is 0 Å². The SMILES string of the molecule is CC(C)(C)C1CCC(O)(c2cncc3ccccc23)CC1. The smallest absolute Gasteiger partial charge is 0.0917 e. The molecule has 3 rings (SSSR count). The zero-order valence-corrected chi connectivity index (χ0v) is 13.3. The Bertz CT molecular complexity index is 628. The zero-order chi connectivity index (χ0) is 15.1. The van der Waals surface area contributed by atoms with E-state index in [9.17, 15) is 5.11 Å². The molecule has 0 radical (unpaired) electrons. The van der Waals surface area contributed by atoms with Crippen molar-refractivity contribution in [2.24, 2.45) is 11.3 Å². The van der Waals surface area contributed by atoms with Gasteiger partial charge in [0, 0.05) is 23.3 Å². The summed E-state index contributed by atoms with van der Waals surface area (Å²) in [6.07, 6.45) is 7.59. The monoisotopic (exact) mass is 283 g/mol. The Morgan fingerprint density at radius 3 is 2.43 bits per heavy atom. The predicted octanol–water partition coefficient (Wildman–Crippen LogP) is 4.66. The molecule has 0 aliphatic heterocycles. The van der Waals surface area contributed by atoms with Crippen molar-refractivity contribution in [2.75, 3.05) is 0 Å². The van der Waals surface area contributed by atoms with E-state index in [0.29, 0.717) is 11.3 Å². The molecule has 1 heterocycles. The van der Waals surface area contributed by atoms with Gasteiger partial charge in [0.2, 0.25) is 0 Å². The summed E-state index contributed by atoms with van der Waals surface area (Å²) in [5.74, 6) is 0.695. The summed E-state index contributed by atoms with van der Waals surface area (Å²) >= 11 is 0. The number of aliphatic hydroxyl groups is 1. The van der Waals surface area contributed by atoms with Crippen molar-refractivity contribution in [3.05, 3.63) is 42.2 Å². The maximum absolute atomic E-state index is 11.2. The molecular weight excluding hydrogens is 258 g/mol. The average molecular weight is 283 g/mol. The van der Waals surface area contributed by atoms with Gasteiger partial charge in [-0.1, -0.05) is 45.0 Å². The second kappa shape index (κ2) is 5.10. The van der Waals surface area contributed by atoms with E-state index < -0.39 is 5.60 Å². The lowest BCUT2D eigenvalue weighted by atomic mass is 9.67. The first-order chi connectivity index (χ1) is 9.90. The fourth-order valence-electron chi connectivity index (χ4n) is 3.72. The van der Waals surface area contributed by atoms with Crippen LogP contribution in [0.4, 0.5) is 0 Å². The summed E-state index contributed by atoms with van der Waals surface area (Å²) in [5, 5.41) is 13.4. The number of rotatable bonds is 1. The number of aromatic nitrogens is 1. The molecule has 21 heavy (non-hydrogen) atoms. The van der Waals surface area contributed by atoms with Gasteiger partial charge in [-0.3, -0.25) is 4.98 Å². The van der Waals surface area contributed by atoms with Crippen LogP contribution < -0.4 is 0 Å². The Morgan fingerprint density at radius 1 is 1.10 bits per heavy atom. The molecule has 0 atom stereocenters. The molecule has 0 amide bonds. The largest absolute Gasteiger partial charge is 0.385 e. The second-order valence-corrected chi connectivity index (χ2v) is 7.58. The van der Waals surface area contributed by atoms with Crippen molar-refractivity contribution in [1.82, 2.24) is 4.98 Å². The highest BCUT2D eigenvalue weighted by Crippen LogP contribution is 2.46. The van der Waals surface area contributed by atoms with Gasteiger partial charge in [-0.15, -0.1) is 0 Å². The van der Waals surface area contributed by atoms with Gasteiger partial charge in [-0.05, 0) is 42.4 Å². The van der Waals surface area contributed by atoms with Crippen LogP contribution in [-0.4, -0.2) is 10.1 Å². The third-order valence-corrected chi connectivity index (χ3v) is 5.21. The molecule has 1 aromatic heterocycles. The third-order valence-electron chi connectivity index (χ3n) is 5.21. The molecule has 1 N–H and O–H groups in total. The van der Waals surface area contributed by atoms with E-state index in [0.717, 1.165) is 42.0 Å². The van der Waals surface area contributed by atoms with Crippen LogP contribution in [0.15, 0.2) is 36.7 Å². The normalized spacial score (nSPS) is 27.0. The van der Waals surface area contributed by atoms with Gasteiger partial charge in [0.25, 0.3) is 0 Å². The van der Waals surface area contributed by atoms with Crippen molar-refractivity contribution in [2.45, 2.75) is 52.1 Å². The van der Waals surface area contributed by atoms with E-state index in [1.807, 2.05) is 24.5 Å². The fraction of sp³-hybridized carbons (Fsp3) is 0.526. The first-order valence-electron chi connectivity index (χ1n) is 7.96. The van der Waals surface area contributed by atoms with E-state index in [2.05, 4.69) is 37.9 Å². The molecular formula is C19H25NO. The average Bonchev–Trinajstić information content (AvgIpc) is 2.46. The van der Waals surface area contributed by atoms with Gasteiger partial charge in [0.15, 0.2) is 0 Å². The molecule has 2 heteroatoms. The zero-order valence-electron chi connectivity index (χ0n) is 13.3. The Morgan fingerprint density at radius 2 is 1.76 bits per heavy atom. The summed E-state index contributed by atoms with van der Waals surface area (Å²) in [4.78, 5) is 4.34. The number of hydrogen-bond donors (Lipinski definition) is 1. The highest BCUT2D eigenvalue weighted by atomic mass is 16.3. The van der Waals surface area contributed by atoms with Crippen molar-refractivity contribution < 1.29 is 5.11 Å². The van der Waals surface area contributed by atoms with Gasteiger partial charge < -0.3 is 5.11 Å². The van der Waals surface area contributed by atoms with Crippen LogP contribution in [-0.2, 0) is 5.60 Å². The molecule has 0 bridgehead atoms. The quantitative estimate of drug-likeness (QED) is 0.825. The molecule has 0 spiro atoms. The van der Waals surface area contributed by atoms with Gasteiger partial charge in [-0.2, -0.15) is 0 Å². The number of hydrogen-bond acceptors (Lipinski definition) is 2. The lowest BCUT2D eigenvalue weighted by Crippen LogP contribution is -2.35. The summed E-state index contributed by atoms with van der Waals surface area (Å²) in [6, 6.07) is 8.22. The Balaban J connectivity index is 1.93. The highest BCUT2D eigenvalue weighted by molar-refractivity contribution is 5.85. The van der Waals surface area contributed by atoms with E-state index >= 15 is 0 Å². The molecule has 2 nitrogen and oxygen atoms in total. The van der Waals surface area contributed by atoms with Crippen LogP contribution >= 0.6 is 0 Å². The predicted molar refractivity (Wildman–Crippen MR) is 87.1 cm³/mol. The van der Waals surface area contributed by atoms with Gasteiger partial charge in [0.1, 0.15) is 0 Å². The Labute approximate surface area is 127 Å². The first-order valence-corrected chi connectivity index (χ1v) is 7.96. The van der Waals surface area contributed by atoms with Gasteiger partial charge >= 0.3 is 0 Å². The molecule has 0 saturated heterocycles. The fourth-order valence-corrected chi connectivity index (χ4v) is 3.72. The van der Waals surface area contributed by atoms with E-state index in [4.69, 9.17) is 0 Å². The molecule has 1 saturated carbocycles. The maximum Gasteiger partial charge on any atom is 0.0917 e. The first kappa shape index (κ1) is 14.5. The molecule has 1 aromatic carbocycles. The lowest BCUT2D eigenvalue weighted by Gasteiger charge is -2.41. The second-order valence-electron chi connectivity index (χ2n) is 7.58.